The fourth-order valence-corrected chi connectivity index (χ4v) is 5.89. The van der Waals surface area contributed by atoms with E-state index in [1.54, 1.807) is 0 Å². The molecule has 0 bridgehead atoms. The minimum absolute atomic E-state index is 0.00155. The quantitative estimate of drug-likeness (QED) is 0.222. The van der Waals surface area contributed by atoms with E-state index in [-0.39, 0.29) is 31.1 Å². The van der Waals surface area contributed by atoms with Crippen molar-refractivity contribution in [3.05, 3.63) is 101 Å². The summed E-state index contributed by atoms with van der Waals surface area (Å²) in [7, 11) is -2.66. The predicted molar refractivity (Wildman–Crippen MR) is 151 cm³/mol. The van der Waals surface area contributed by atoms with Crippen LogP contribution in [0.1, 0.15) is 16.7 Å². The van der Waals surface area contributed by atoms with Crippen LogP contribution in [-0.4, -0.2) is 61.9 Å². The van der Waals surface area contributed by atoms with Gasteiger partial charge in [0.05, 0.1) is 23.6 Å². The van der Waals surface area contributed by atoms with Crippen LogP contribution in [0.3, 0.4) is 0 Å². The third-order valence-electron chi connectivity index (χ3n) is 6.64. The predicted octanol–water partition coefficient (Wildman–Crippen LogP) is 5.75. The summed E-state index contributed by atoms with van der Waals surface area (Å²) in [5.41, 5.74) is 1.57. The van der Waals surface area contributed by atoms with Crippen molar-refractivity contribution in [2.45, 2.75) is 24.0 Å². The molecule has 0 spiro atoms. The third-order valence-corrected chi connectivity index (χ3v) is 8.75. The van der Waals surface area contributed by atoms with Crippen molar-refractivity contribution in [3.8, 4) is 0 Å². The highest BCUT2D eigenvalue weighted by Crippen LogP contribution is 2.29. The van der Waals surface area contributed by atoms with E-state index in [1.807, 2.05) is 30.5 Å². The van der Waals surface area contributed by atoms with Gasteiger partial charge in [0, 0.05) is 48.9 Å². The van der Waals surface area contributed by atoms with Crippen molar-refractivity contribution in [2.75, 3.05) is 33.4 Å². The molecule has 0 saturated heterocycles. The topological polar surface area (TPSA) is 82.7 Å². The van der Waals surface area contributed by atoms with Crippen LogP contribution in [-0.2, 0) is 38.7 Å². The average molecular weight is 608 g/mol. The molecule has 0 aliphatic rings. The van der Waals surface area contributed by atoms with Crippen LogP contribution in [0, 0.1) is 0 Å². The second-order valence-corrected chi connectivity index (χ2v) is 11.8. The Morgan fingerprint density at radius 1 is 0.976 bits per heavy atom. The molecule has 0 radical (unpaired) electrons. The molecule has 3 aromatic carbocycles. The Kier molecular flexibility index (Phi) is 9.75. The number of benzene rings is 3. The van der Waals surface area contributed by atoms with E-state index in [4.69, 9.17) is 16.3 Å². The summed E-state index contributed by atoms with van der Waals surface area (Å²) in [6, 6.07) is 17.9. The highest BCUT2D eigenvalue weighted by atomic mass is 35.5. The molecule has 218 valence electrons. The Morgan fingerprint density at radius 3 is 2.32 bits per heavy atom. The maximum Gasteiger partial charge on any atom is 0.416 e. The summed E-state index contributed by atoms with van der Waals surface area (Å²) in [5, 5.41) is 1.35. The van der Waals surface area contributed by atoms with Gasteiger partial charge in [-0.25, -0.2) is 8.42 Å². The highest BCUT2D eigenvalue weighted by Gasteiger charge is 2.31. The van der Waals surface area contributed by atoms with E-state index in [9.17, 15) is 26.4 Å². The number of rotatable bonds is 12. The first-order valence-corrected chi connectivity index (χ1v) is 14.5. The van der Waals surface area contributed by atoms with E-state index in [1.165, 1.54) is 48.4 Å². The van der Waals surface area contributed by atoms with Gasteiger partial charge in [-0.15, -0.1) is 0 Å². The number of methoxy groups -OCH3 is 1. The molecular formula is C29H29ClF3N3O4S. The van der Waals surface area contributed by atoms with Gasteiger partial charge < -0.3 is 14.6 Å². The van der Waals surface area contributed by atoms with Crippen molar-refractivity contribution < 1.29 is 31.1 Å². The minimum Gasteiger partial charge on any atom is -0.383 e. The molecule has 1 aromatic heterocycles. The Bertz CT molecular complexity index is 1570. The smallest absolute Gasteiger partial charge is 0.383 e. The van der Waals surface area contributed by atoms with Crippen molar-refractivity contribution in [2.24, 2.45) is 0 Å². The van der Waals surface area contributed by atoms with Gasteiger partial charge in [-0.1, -0.05) is 41.9 Å². The lowest BCUT2D eigenvalue weighted by atomic mass is 10.1. The lowest BCUT2D eigenvalue weighted by Crippen LogP contribution is -2.44. The summed E-state index contributed by atoms with van der Waals surface area (Å²) in [6.45, 7) is -0.305. The van der Waals surface area contributed by atoms with Crippen LogP contribution in [0.25, 0.3) is 10.9 Å². The second kappa shape index (κ2) is 13.1. The number of hydrogen-bond acceptors (Lipinski definition) is 4. The fourth-order valence-electron chi connectivity index (χ4n) is 4.39. The van der Waals surface area contributed by atoms with Crippen LogP contribution in [0.15, 0.2) is 83.9 Å². The number of amides is 1. The van der Waals surface area contributed by atoms with Crippen molar-refractivity contribution in [1.82, 2.24) is 14.2 Å². The summed E-state index contributed by atoms with van der Waals surface area (Å²) < 4.78 is 72.3. The lowest BCUT2D eigenvalue weighted by Gasteiger charge is -2.27. The van der Waals surface area contributed by atoms with Gasteiger partial charge in [-0.3, -0.25) is 4.79 Å². The normalized spacial score (nSPS) is 12.2. The van der Waals surface area contributed by atoms with Crippen LogP contribution < -0.4 is 0 Å². The molecule has 0 saturated carbocycles. The van der Waals surface area contributed by atoms with Gasteiger partial charge >= 0.3 is 6.18 Å². The molecule has 4 rings (SSSR count). The number of carbonyl (C=O) groups excluding carboxylic acids is 1. The van der Waals surface area contributed by atoms with E-state index in [2.05, 4.69) is 4.98 Å². The number of halogens is 4. The maximum absolute atomic E-state index is 13.7. The number of nitrogens with one attached hydrogen (secondary N) is 1. The summed E-state index contributed by atoms with van der Waals surface area (Å²) in [5.74, 6) is -0.501. The Morgan fingerprint density at radius 2 is 1.66 bits per heavy atom. The van der Waals surface area contributed by atoms with Gasteiger partial charge in [-0.2, -0.15) is 17.5 Å². The van der Waals surface area contributed by atoms with E-state index in [0.717, 1.165) is 32.9 Å². The SMILES string of the molecule is COCCN(CC(=O)N(CCc1c[nH]c2ccccc12)Cc1ccc(C(F)(F)F)cc1)S(=O)(=O)c1ccc(Cl)cc1. The number of nitrogens with zero attached hydrogens (tertiary/aromatic N) is 2. The van der Waals surface area contributed by atoms with Gasteiger partial charge in [0.2, 0.25) is 15.9 Å². The van der Waals surface area contributed by atoms with Gasteiger partial charge in [0.25, 0.3) is 0 Å². The highest BCUT2D eigenvalue weighted by molar-refractivity contribution is 7.89. The number of fused-ring (bicyclic) bond motifs is 1. The Hall–Kier alpha value is -3.38. The molecule has 0 aliphatic heterocycles. The van der Waals surface area contributed by atoms with Crippen molar-refractivity contribution in [1.29, 1.82) is 0 Å². The molecule has 4 aromatic rings. The number of H-pyrrole nitrogens is 1. The van der Waals surface area contributed by atoms with E-state index < -0.39 is 34.2 Å². The molecular weight excluding hydrogens is 579 g/mol. The molecule has 12 heteroatoms. The monoisotopic (exact) mass is 607 g/mol. The van der Waals surface area contributed by atoms with Crippen molar-refractivity contribution in [3.63, 3.8) is 0 Å². The molecule has 1 heterocycles. The first-order valence-electron chi connectivity index (χ1n) is 12.7. The first-order chi connectivity index (χ1) is 19.5. The summed E-state index contributed by atoms with van der Waals surface area (Å²) in [6.07, 6.45) is -2.19. The van der Waals surface area contributed by atoms with Gasteiger partial charge in [0.15, 0.2) is 0 Å². The van der Waals surface area contributed by atoms with E-state index >= 15 is 0 Å². The standard InChI is InChI=1S/C29H29ClF3N3O4S/c1-40-17-16-36(41(38,39)25-12-10-24(30)11-13-25)20-28(37)35(19-21-6-8-23(9-7-21)29(31,32)33)15-14-22-18-34-27-5-3-2-4-26(22)27/h2-13,18,34H,14-17,19-20H2,1H3. The molecule has 41 heavy (non-hydrogen) atoms. The zero-order chi connectivity index (χ0) is 29.6. The van der Waals surface area contributed by atoms with E-state index in [0.29, 0.717) is 17.0 Å². The number of sulfonamides is 1. The number of ether oxygens (including phenoxy) is 1. The zero-order valence-electron chi connectivity index (χ0n) is 22.2. The third kappa shape index (κ3) is 7.68. The van der Waals surface area contributed by atoms with Crippen molar-refractivity contribution >= 4 is 38.4 Å². The molecule has 7 nitrogen and oxygen atoms in total. The zero-order valence-corrected chi connectivity index (χ0v) is 23.8. The molecule has 0 aliphatic carbocycles. The molecule has 0 fully saturated rings. The fraction of sp³-hybridized carbons (Fsp3) is 0.276. The molecule has 0 unspecified atom stereocenters. The first kappa shape index (κ1) is 30.6. The van der Waals surface area contributed by atoms with Crippen LogP contribution in [0.5, 0.6) is 0 Å². The number of hydrogen-bond donors (Lipinski definition) is 1. The lowest BCUT2D eigenvalue weighted by molar-refractivity contribution is -0.137. The largest absolute Gasteiger partial charge is 0.416 e. The number of aromatic amines is 1. The number of aromatic nitrogens is 1. The average Bonchev–Trinajstić information content (AvgIpc) is 3.36. The Balaban J connectivity index is 1.59. The van der Waals surface area contributed by atoms with Crippen LogP contribution in [0.2, 0.25) is 5.02 Å². The Labute approximate surface area is 241 Å². The second-order valence-electron chi connectivity index (χ2n) is 9.40. The molecule has 1 amide bonds. The number of para-hydroxylation sites is 1. The van der Waals surface area contributed by atoms with Gasteiger partial charge in [0.1, 0.15) is 0 Å². The number of alkyl halides is 3. The van der Waals surface area contributed by atoms with Crippen LogP contribution in [0.4, 0.5) is 13.2 Å². The molecule has 0 atom stereocenters. The number of carbonyl (C=O) groups is 1. The minimum atomic E-state index is -4.48. The van der Waals surface area contributed by atoms with Crippen LogP contribution >= 0.6 is 11.6 Å². The molecule has 1 N–H and O–H groups in total. The van der Waals surface area contributed by atoms with Gasteiger partial charge in [-0.05, 0) is 60.0 Å². The summed E-state index contributed by atoms with van der Waals surface area (Å²) >= 11 is 5.92. The maximum atomic E-state index is 13.7. The summed E-state index contributed by atoms with van der Waals surface area (Å²) in [4.78, 5) is 18.3.